The van der Waals surface area contributed by atoms with Crippen molar-refractivity contribution in [2.45, 2.75) is 26.1 Å². The Bertz CT molecular complexity index is 1040. The lowest BCUT2D eigenvalue weighted by atomic mass is 9.99. The smallest absolute Gasteiger partial charge is 0.350 e. The highest BCUT2D eigenvalue weighted by atomic mass is 19.4. The quantitative estimate of drug-likeness (QED) is 0.610. The number of hydrogen-bond acceptors (Lipinski definition) is 2. The van der Waals surface area contributed by atoms with E-state index in [2.05, 4.69) is 10.3 Å². The fourth-order valence-electron chi connectivity index (χ4n) is 2.76. The molecule has 0 unspecified atom stereocenters. The molecule has 0 atom stereocenters. The van der Waals surface area contributed by atoms with Crippen LogP contribution in [0.3, 0.4) is 0 Å². The van der Waals surface area contributed by atoms with E-state index in [4.69, 9.17) is 0 Å². The standard InChI is InChI=1S/C20H15F5N2O/c1-10(2)27-19(28)12-7-15-17(22)16(21)8-14(18(15)26-9-12)11-3-5-13(6-4-11)20(23,24)25/h3-10H,1-2H3,(H,27,28). The van der Waals surface area contributed by atoms with Gasteiger partial charge in [-0.05, 0) is 43.7 Å². The molecule has 3 aromatic rings. The van der Waals surface area contributed by atoms with Gasteiger partial charge in [0, 0.05) is 23.2 Å². The largest absolute Gasteiger partial charge is 0.416 e. The molecule has 1 amide bonds. The molecule has 0 aliphatic heterocycles. The highest BCUT2D eigenvalue weighted by Crippen LogP contribution is 2.34. The molecule has 8 heteroatoms. The first-order valence-corrected chi connectivity index (χ1v) is 8.34. The summed E-state index contributed by atoms with van der Waals surface area (Å²) in [4.78, 5) is 16.2. The monoisotopic (exact) mass is 394 g/mol. The highest BCUT2D eigenvalue weighted by molar-refractivity contribution is 6.00. The molecule has 1 N–H and O–H groups in total. The molecule has 0 aliphatic rings. The Morgan fingerprint density at radius 3 is 2.29 bits per heavy atom. The number of halogens is 5. The minimum absolute atomic E-state index is 0.0414. The lowest BCUT2D eigenvalue weighted by Gasteiger charge is -2.12. The van der Waals surface area contributed by atoms with Crippen LogP contribution in [0.1, 0.15) is 29.8 Å². The van der Waals surface area contributed by atoms with Crippen molar-refractivity contribution < 1.29 is 26.7 Å². The zero-order valence-corrected chi connectivity index (χ0v) is 14.9. The minimum atomic E-state index is -4.51. The van der Waals surface area contributed by atoms with Crippen LogP contribution in [-0.4, -0.2) is 16.9 Å². The van der Waals surface area contributed by atoms with Gasteiger partial charge < -0.3 is 5.32 Å². The van der Waals surface area contributed by atoms with Gasteiger partial charge in [0.1, 0.15) is 0 Å². The van der Waals surface area contributed by atoms with Crippen molar-refractivity contribution in [1.29, 1.82) is 0 Å². The molecule has 3 rings (SSSR count). The summed E-state index contributed by atoms with van der Waals surface area (Å²) in [7, 11) is 0. The molecule has 0 radical (unpaired) electrons. The number of fused-ring (bicyclic) bond motifs is 1. The molecular weight excluding hydrogens is 379 g/mol. The van der Waals surface area contributed by atoms with E-state index in [1.807, 2.05) is 0 Å². The van der Waals surface area contributed by atoms with Crippen LogP contribution >= 0.6 is 0 Å². The fraction of sp³-hybridized carbons (Fsp3) is 0.200. The molecule has 0 spiro atoms. The van der Waals surface area contributed by atoms with E-state index in [9.17, 15) is 26.7 Å². The van der Waals surface area contributed by atoms with E-state index in [-0.39, 0.29) is 33.6 Å². The molecule has 0 saturated heterocycles. The zero-order valence-electron chi connectivity index (χ0n) is 14.9. The lowest BCUT2D eigenvalue weighted by molar-refractivity contribution is -0.137. The van der Waals surface area contributed by atoms with Crippen LogP contribution in [0, 0.1) is 11.6 Å². The summed E-state index contributed by atoms with van der Waals surface area (Å²) >= 11 is 0. The van der Waals surface area contributed by atoms with Crippen LogP contribution < -0.4 is 5.32 Å². The van der Waals surface area contributed by atoms with Crippen molar-refractivity contribution in [3.63, 3.8) is 0 Å². The Morgan fingerprint density at radius 1 is 1.07 bits per heavy atom. The van der Waals surface area contributed by atoms with Crippen LogP contribution in [0.15, 0.2) is 42.6 Å². The minimum Gasteiger partial charge on any atom is -0.350 e. The molecule has 28 heavy (non-hydrogen) atoms. The van der Waals surface area contributed by atoms with Gasteiger partial charge in [0.05, 0.1) is 16.6 Å². The Morgan fingerprint density at radius 2 is 1.71 bits per heavy atom. The number of hydrogen-bond donors (Lipinski definition) is 1. The number of aromatic nitrogens is 1. The molecule has 0 fully saturated rings. The van der Waals surface area contributed by atoms with Gasteiger partial charge in [-0.15, -0.1) is 0 Å². The molecule has 1 heterocycles. The van der Waals surface area contributed by atoms with Gasteiger partial charge in [-0.1, -0.05) is 12.1 Å². The molecule has 1 aromatic heterocycles. The lowest BCUT2D eigenvalue weighted by Crippen LogP contribution is -2.30. The normalized spacial score (nSPS) is 11.9. The van der Waals surface area contributed by atoms with Crippen LogP contribution in [-0.2, 0) is 6.18 Å². The van der Waals surface area contributed by atoms with E-state index >= 15 is 0 Å². The van der Waals surface area contributed by atoms with Crippen LogP contribution in [0.5, 0.6) is 0 Å². The summed E-state index contributed by atoms with van der Waals surface area (Å²) in [6.07, 6.45) is -3.30. The SMILES string of the molecule is CC(C)NC(=O)c1cnc2c(-c3ccc(C(F)(F)F)cc3)cc(F)c(F)c2c1. The average molecular weight is 394 g/mol. The fourth-order valence-corrected chi connectivity index (χ4v) is 2.76. The topological polar surface area (TPSA) is 42.0 Å². The number of nitrogens with one attached hydrogen (secondary N) is 1. The summed E-state index contributed by atoms with van der Waals surface area (Å²) in [6, 6.07) is 5.92. The van der Waals surface area contributed by atoms with Gasteiger partial charge in [0.15, 0.2) is 11.6 Å². The van der Waals surface area contributed by atoms with E-state index in [0.717, 1.165) is 30.3 Å². The van der Waals surface area contributed by atoms with Gasteiger partial charge in [0.2, 0.25) is 0 Å². The second-order valence-electron chi connectivity index (χ2n) is 6.54. The first-order chi connectivity index (χ1) is 13.1. The van der Waals surface area contributed by atoms with Gasteiger partial charge in [-0.3, -0.25) is 9.78 Å². The first-order valence-electron chi connectivity index (χ1n) is 8.34. The Hall–Kier alpha value is -3.03. The number of alkyl halides is 3. The summed E-state index contributed by atoms with van der Waals surface area (Å²) in [5.74, 6) is -2.87. The van der Waals surface area contributed by atoms with Crippen molar-refractivity contribution in [2.75, 3.05) is 0 Å². The maximum atomic E-state index is 14.3. The predicted octanol–water partition coefficient (Wildman–Crippen LogP) is 5.34. The zero-order chi connectivity index (χ0) is 20.6. The maximum absolute atomic E-state index is 14.3. The third-order valence-electron chi connectivity index (χ3n) is 4.07. The average Bonchev–Trinajstić information content (AvgIpc) is 2.63. The Kier molecular flexibility index (Phi) is 5.06. The molecule has 0 aliphatic carbocycles. The summed E-state index contributed by atoms with van der Waals surface area (Å²) < 4.78 is 66.7. The van der Waals surface area contributed by atoms with Crippen LogP contribution in [0.25, 0.3) is 22.0 Å². The summed E-state index contributed by atoms with van der Waals surface area (Å²) in [5.41, 5.74) is -0.408. The Labute approximate surface area is 157 Å². The third kappa shape index (κ3) is 3.81. The second kappa shape index (κ2) is 7.18. The van der Waals surface area contributed by atoms with Gasteiger partial charge in [-0.25, -0.2) is 8.78 Å². The summed E-state index contributed by atoms with van der Waals surface area (Å²) in [5, 5.41) is 2.39. The maximum Gasteiger partial charge on any atom is 0.416 e. The van der Waals surface area contributed by atoms with Gasteiger partial charge >= 0.3 is 6.18 Å². The number of nitrogens with zero attached hydrogens (tertiary/aromatic N) is 1. The number of pyridine rings is 1. The summed E-state index contributed by atoms with van der Waals surface area (Å²) in [6.45, 7) is 3.49. The van der Waals surface area contributed by atoms with Crippen molar-refractivity contribution in [2.24, 2.45) is 0 Å². The number of amides is 1. The number of carbonyl (C=O) groups excluding carboxylic acids is 1. The van der Waals surface area contributed by atoms with Gasteiger partial charge in [0.25, 0.3) is 5.91 Å². The van der Waals surface area contributed by atoms with Crippen LogP contribution in [0.4, 0.5) is 22.0 Å². The van der Waals surface area contributed by atoms with Crippen molar-refractivity contribution in [3.05, 3.63) is 65.4 Å². The second-order valence-corrected chi connectivity index (χ2v) is 6.54. The van der Waals surface area contributed by atoms with Crippen molar-refractivity contribution in [1.82, 2.24) is 10.3 Å². The van der Waals surface area contributed by atoms with E-state index in [1.165, 1.54) is 12.3 Å². The van der Waals surface area contributed by atoms with E-state index in [1.54, 1.807) is 13.8 Å². The highest BCUT2D eigenvalue weighted by Gasteiger charge is 2.30. The molecule has 2 aromatic carbocycles. The molecule has 0 saturated carbocycles. The number of benzene rings is 2. The molecular formula is C20H15F5N2O. The first kappa shape index (κ1) is 19.7. The van der Waals surface area contributed by atoms with Crippen LogP contribution in [0.2, 0.25) is 0 Å². The molecule has 146 valence electrons. The molecule has 3 nitrogen and oxygen atoms in total. The Balaban J connectivity index is 2.14. The predicted molar refractivity (Wildman–Crippen MR) is 94.7 cm³/mol. The molecule has 0 bridgehead atoms. The van der Waals surface area contributed by atoms with Crippen molar-refractivity contribution >= 4 is 16.8 Å². The van der Waals surface area contributed by atoms with Crippen molar-refractivity contribution in [3.8, 4) is 11.1 Å². The number of rotatable bonds is 3. The third-order valence-corrected chi connectivity index (χ3v) is 4.07. The number of carbonyl (C=O) groups is 1. The van der Waals surface area contributed by atoms with Gasteiger partial charge in [-0.2, -0.15) is 13.2 Å². The van der Waals surface area contributed by atoms with E-state index < -0.39 is 29.3 Å². The van der Waals surface area contributed by atoms with E-state index in [0.29, 0.717) is 0 Å².